The van der Waals surface area contributed by atoms with Crippen molar-refractivity contribution in [3.05, 3.63) is 102 Å². The lowest BCUT2D eigenvalue weighted by molar-refractivity contribution is 0.310. The summed E-state index contributed by atoms with van der Waals surface area (Å²) in [7, 11) is 0. The summed E-state index contributed by atoms with van der Waals surface area (Å²) < 4.78 is 6.18. The second-order valence-corrected chi connectivity index (χ2v) is 6.25. The van der Waals surface area contributed by atoms with E-state index >= 15 is 0 Å². The van der Waals surface area contributed by atoms with Gasteiger partial charge in [0, 0.05) is 5.39 Å². The highest BCUT2D eigenvalue weighted by atomic mass is 16.5. The second kappa shape index (κ2) is 6.82. The Hall–Kier alpha value is -3.06. The number of hydrogen-bond donors (Lipinski definition) is 0. The van der Waals surface area contributed by atoms with Crippen molar-refractivity contribution in [2.75, 3.05) is 0 Å². The lowest BCUT2D eigenvalue weighted by atomic mass is 9.93. The van der Waals surface area contributed by atoms with E-state index in [4.69, 9.17) is 4.74 Å². The molecule has 4 rings (SSSR count). The SMILES string of the molecule is Cc1cc(OCc2ccccc2)c2ccccc2c1-c1ccccc1. The maximum atomic E-state index is 6.18. The van der Waals surface area contributed by atoms with E-state index in [9.17, 15) is 0 Å². The van der Waals surface area contributed by atoms with Crippen LogP contribution in [0.2, 0.25) is 0 Å². The Morgan fingerprint density at radius 2 is 1.28 bits per heavy atom. The average Bonchev–Trinajstić information content (AvgIpc) is 2.67. The summed E-state index contributed by atoms with van der Waals surface area (Å²) in [5.41, 5.74) is 4.93. The third-order valence-electron chi connectivity index (χ3n) is 4.50. The first-order valence-corrected chi connectivity index (χ1v) is 8.57. The highest BCUT2D eigenvalue weighted by Crippen LogP contribution is 2.37. The predicted octanol–water partition coefficient (Wildman–Crippen LogP) is 6.39. The standard InChI is InChI=1S/C24H20O/c1-18-16-23(25-17-19-10-4-2-5-11-19)21-14-8-9-15-22(21)24(18)20-12-6-3-7-13-20/h2-16H,17H2,1H3. The van der Waals surface area contributed by atoms with Gasteiger partial charge in [-0.3, -0.25) is 0 Å². The normalized spacial score (nSPS) is 10.8. The molecule has 1 nitrogen and oxygen atoms in total. The van der Waals surface area contributed by atoms with E-state index in [0.717, 1.165) is 11.1 Å². The molecular formula is C24H20O. The zero-order valence-electron chi connectivity index (χ0n) is 14.3. The zero-order chi connectivity index (χ0) is 17.1. The molecular weight excluding hydrogens is 304 g/mol. The molecule has 0 radical (unpaired) electrons. The van der Waals surface area contributed by atoms with Crippen molar-refractivity contribution in [1.82, 2.24) is 0 Å². The van der Waals surface area contributed by atoms with Crippen LogP contribution >= 0.6 is 0 Å². The number of benzene rings is 4. The molecule has 0 aliphatic carbocycles. The summed E-state index contributed by atoms with van der Waals surface area (Å²) in [5, 5.41) is 2.39. The van der Waals surface area contributed by atoms with Crippen molar-refractivity contribution in [2.24, 2.45) is 0 Å². The van der Waals surface area contributed by atoms with Crippen molar-refractivity contribution < 1.29 is 4.74 Å². The van der Waals surface area contributed by atoms with Crippen LogP contribution in [-0.2, 0) is 6.61 Å². The number of hydrogen-bond acceptors (Lipinski definition) is 1. The van der Waals surface area contributed by atoms with Crippen LogP contribution in [0.3, 0.4) is 0 Å². The molecule has 0 aliphatic heterocycles. The summed E-state index contributed by atoms with van der Waals surface area (Å²) in [6.45, 7) is 2.74. The Balaban J connectivity index is 1.79. The van der Waals surface area contributed by atoms with Gasteiger partial charge < -0.3 is 4.74 Å². The lowest BCUT2D eigenvalue weighted by Crippen LogP contribution is -1.97. The minimum atomic E-state index is 0.578. The molecule has 0 saturated carbocycles. The molecule has 0 saturated heterocycles. The molecule has 0 bridgehead atoms. The van der Waals surface area contributed by atoms with Crippen LogP contribution in [-0.4, -0.2) is 0 Å². The first-order chi connectivity index (χ1) is 12.3. The van der Waals surface area contributed by atoms with Crippen molar-refractivity contribution in [2.45, 2.75) is 13.5 Å². The van der Waals surface area contributed by atoms with Gasteiger partial charge in [0.25, 0.3) is 0 Å². The minimum absolute atomic E-state index is 0.578. The Labute approximate surface area is 148 Å². The first-order valence-electron chi connectivity index (χ1n) is 8.57. The lowest BCUT2D eigenvalue weighted by Gasteiger charge is -2.16. The number of rotatable bonds is 4. The summed E-state index contributed by atoms with van der Waals surface area (Å²) in [6, 6.07) is 31.5. The van der Waals surface area contributed by atoms with Crippen LogP contribution in [0.15, 0.2) is 91.0 Å². The Morgan fingerprint density at radius 3 is 2.00 bits per heavy atom. The maximum Gasteiger partial charge on any atom is 0.127 e. The molecule has 0 heterocycles. The molecule has 0 aliphatic rings. The molecule has 4 aromatic rings. The summed E-state index contributed by atoms with van der Waals surface area (Å²) >= 11 is 0. The van der Waals surface area contributed by atoms with Crippen LogP contribution in [0.5, 0.6) is 5.75 Å². The number of ether oxygens (including phenoxy) is 1. The monoisotopic (exact) mass is 324 g/mol. The van der Waals surface area contributed by atoms with E-state index in [1.807, 2.05) is 18.2 Å². The molecule has 0 N–H and O–H groups in total. The molecule has 25 heavy (non-hydrogen) atoms. The summed E-state index contributed by atoms with van der Waals surface area (Å²) in [4.78, 5) is 0. The first kappa shape index (κ1) is 15.5. The van der Waals surface area contributed by atoms with Gasteiger partial charge in [0.1, 0.15) is 12.4 Å². The van der Waals surface area contributed by atoms with Crippen molar-refractivity contribution >= 4 is 10.8 Å². The van der Waals surface area contributed by atoms with E-state index in [-0.39, 0.29) is 0 Å². The smallest absolute Gasteiger partial charge is 0.127 e. The van der Waals surface area contributed by atoms with E-state index in [1.165, 1.54) is 27.6 Å². The molecule has 0 amide bonds. The van der Waals surface area contributed by atoms with Gasteiger partial charge in [-0.05, 0) is 40.6 Å². The third-order valence-corrected chi connectivity index (χ3v) is 4.50. The average molecular weight is 324 g/mol. The van der Waals surface area contributed by atoms with Gasteiger partial charge in [0.15, 0.2) is 0 Å². The molecule has 122 valence electrons. The van der Waals surface area contributed by atoms with Gasteiger partial charge in [-0.2, -0.15) is 0 Å². The second-order valence-electron chi connectivity index (χ2n) is 6.25. The molecule has 4 aromatic carbocycles. The van der Waals surface area contributed by atoms with Crippen molar-refractivity contribution in [3.8, 4) is 16.9 Å². The van der Waals surface area contributed by atoms with Gasteiger partial charge in [-0.15, -0.1) is 0 Å². The van der Waals surface area contributed by atoms with E-state index < -0.39 is 0 Å². The Kier molecular flexibility index (Phi) is 4.22. The molecule has 0 unspecified atom stereocenters. The van der Waals surface area contributed by atoms with Gasteiger partial charge in [0.05, 0.1) is 0 Å². The maximum absolute atomic E-state index is 6.18. The fourth-order valence-electron chi connectivity index (χ4n) is 3.32. The van der Waals surface area contributed by atoms with Gasteiger partial charge in [0.2, 0.25) is 0 Å². The fourth-order valence-corrected chi connectivity index (χ4v) is 3.32. The highest BCUT2D eigenvalue weighted by Gasteiger charge is 2.12. The number of fused-ring (bicyclic) bond motifs is 1. The van der Waals surface area contributed by atoms with E-state index in [0.29, 0.717) is 6.61 Å². The quantitative estimate of drug-likeness (QED) is 0.422. The fraction of sp³-hybridized carbons (Fsp3) is 0.0833. The van der Waals surface area contributed by atoms with Gasteiger partial charge >= 0.3 is 0 Å². The van der Waals surface area contributed by atoms with E-state index in [1.54, 1.807) is 0 Å². The van der Waals surface area contributed by atoms with Gasteiger partial charge in [-0.1, -0.05) is 84.9 Å². The Morgan fingerprint density at radius 1 is 0.680 bits per heavy atom. The zero-order valence-corrected chi connectivity index (χ0v) is 14.3. The van der Waals surface area contributed by atoms with Crippen LogP contribution in [0.4, 0.5) is 0 Å². The summed E-state index contributed by atoms with van der Waals surface area (Å²) in [6.07, 6.45) is 0. The Bertz CT molecular complexity index is 988. The van der Waals surface area contributed by atoms with Crippen LogP contribution in [0.1, 0.15) is 11.1 Å². The highest BCUT2D eigenvalue weighted by molar-refractivity contribution is 6.01. The van der Waals surface area contributed by atoms with Crippen LogP contribution in [0, 0.1) is 6.92 Å². The minimum Gasteiger partial charge on any atom is -0.488 e. The third kappa shape index (κ3) is 3.14. The molecule has 1 heteroatoms. The van der Waals surface area contributed by atoms with Crippen molar-refractivity contribution in [3.63, 3.8) is 0 Å². The predicted molar refractivity (Wildman–Crippen MR) is 105 cm³/mol. The van der Waals surface area contributed by atoms with Crippen LogP contribution in [0.25, 0.3) is 21.9 Å². The van der Waals surface area contributed by atoms with Crippen LogP contribution < -0.4 is 4.74 Å². The molecule has 0 fully saturated rings. The molecule has 0 spiro atoms. The molecule has 0 atom stereocenters. The number of aryl methyl sites for hydroxylation is 1. The van der Waals surface area contributed by atoms with Gasteiger partial charge in [-0.25, -0.2) is 0 Å². The largest absolute Gasteiger partial charge is 0.488 e. The topological polar surface area (TPSA) is 9.23 Å². The summed E-state index contributed by atoms with van der Waals surface area (Å²) in [5.74, 6) is 0.941. The van der Waals surface area contributed by atoms with Crippen molar-refractivity contribution in [1.29, 1.82) is 0 Å². The van der Waals surface area contributed by atoms with E-state index in [2.05, 4.69) is 79.7 Å². The molecule has 0 aromatic heterocycles.